The molecule has 0 aromatic heterocycles. The number of carbonyl (C=O) groups excluding carboxylic acids is 1. The second-order valence-electron chi connectivity index (χ2n) is 9.08. The number of nitrogens with one attached hydrogen (secondary N) is 1. The molecule has 0 bridgehead atoms. The van der Waals surface area contributed by atoms with Gasteiger partial charge in [0.15, 0.2) is 0 Å². The molecule has 1 heterocycles. The Bertz CT molecular complexity index is 1010. The molecule has 1 aliphatic carbocycles. The molecule has 184 valence electrons. The van der Waals surface area contributed by atoms with Crippen LogP contribution in [0.3, 0.4) is 0 Å². The van der Waals surface area contributed by atoms with Crippen LogP contribution in [-0.2, 0) is 12.4 Å². The van der Waals surface area contributed by atoms with E-state index in [1.54, 1.807) is 12.1 Å². The maximum absolute atomic E-state index is 13.7. The first-order valence-corrected chi connectivity index (χ1v) is 11.4. The number of halogens is 6. The van der Waals surface area contributed by atoms with Gasteiger partial charge in [0.2, 0.25) is 0 Å². The highest BCUT2D eigenvalue weighted by molar-refractivity contribution is 5.96. The third-order valence-electron chi connectivity index (χ3n) is 7.05. The first kappa shape index (κ1) is 24.6. The van der Waals surface area contributed by atoms with Crippen molar-refractivity contribution in [3.05, 3.63) is 70.8 Å². The van der Waals surface area contributed by atoms with Gasteiger partial charge in [0.1, 0.15) is 0 Å². The lowest BCUT2D eigenvalue weighted by molar-refractivity contribution is -0.143. The normalized spacial score (nSPS) is 19.8. The molecule has 3 nitrogen and oxygen atoms in total. The van der Waals surface area contributed by atoms with Crippen molar-refractivity contribution in [3.8, 4) is 0 Å². The maximum atomic E-state index is 13.7. The van der Waals surface area contributed by atoms with Gasteiger partial charge >= 0.3 is 12.4 Å². The SMILES string of the molecule is O=C(NC(c1ccccc1)C1(N2CCCC2)CCCC1)c1ccc(C(F)(F)F)cc1C(F)(F)F. The van der Waals surface area contributed by atoms with Crippen molar-refractivity contribution in [1.82, 2.24) is 10.2 Å². The Morgan fingerprint density at radius 3 is 2.03 bits per heavy atom. The lowest BCUT2D eigenvalue weighted by Crippen LogP contribution is -2.55. The van der Waals surface area contributed by atoms with E-state index in [4.69, 9.17) is 0 Å². The second-order valence-corrected chi connectivity index (χ2v) is 9.08. The summed E-state index contributed by atoms with van der Waals surface area (Å²) in [4.78, 5) is 15.6. The molecule has 1 aliphatic heterocycles. The number of hydrogen-bond donors (Lipinski definition) is 1. The topological polar surface area (TPSA) is 32.3 Å². The Morgan fingerprint density at radius 2 is 1.47 bits per heavy atom. The number of carbonyl (C=O) groups is 1. The van der Waals surface area contributed by atoms with Crippen LogP contribution in [0, 0.1) is 0 Å². The van der Waals surface area contributed by atoms with E-state index in [-0.39, 0.29) is 6.07 Å². The van der Waals surface area contributed by atoms with Crippen LogP contribution in [-0.4, -0.2) is 29.4 Å². The van der Waals surface area contributed by atoms with Crippen molar-refractivity contribution in [2.24, 2.45) is 0 Å². The number of rotatable bonds is 5. The van der Waals surface area contributed by atoms with Crippen molar-refractivity contribution in [2.75, 3.05) is 13.1 Å². The van der Waals surface area contributed by atoms with Crippen LogP contribution in [0.25, 0.3) is 0 Å². The van der Waals surface area contributed by atoms with Gasteiger partial charge in [-0.1, -0.05) is 43.2 Å². The van der Waals surface area contributed by atoms with Gasteiger partial charge in [-0.3, -0.25) is 9.69 Å². The van der Waals surface area contributed by atoms with Crippen LogP contribution in [0.1, 0.15) is 71.6 Å². The largest absolute Gasteiger partial charge is 0.417 e. The van der Waals surface area contributed by atoms with Gasteiger partial charge in [-0.2, -0.15) is 26.3 Å². The molecule has 0 spiro atoms. The molecule has 2 fully saturated rings. The Labute approximate surface area is 194 Å². The molecule has 2 aromatic rings. The summed E-state index contributed by atoms with van der Waals surface area (Å²) in [5.41, 5.74) is -3.52. The molecule has 2 aromatic carbocycles. The number of alkyl halides is 6. The van der Waals surface area contributed by atoms with E-state index in [0.717, 1.165) is 57.2 Å². The van der Waals surface area contributed by atoms with Gasteiger partial charge in [0.25, 0.3) is 5.91 Å². The predicted octanol–water partition coefficient (Wildman–Crippen LogP) is 6.60. The summed E-state index contributed by atoms with van der Waals surface area (Å²) >= 11 is 0. The average Bonchev–Trinajstić information content (AvgIpc) is 3.49. The van der Waals surface area contributed by atoms with Gasteiger partial charge in [-0.05, 0) is 62.5 Å². The molecule has 1 atom stereocenters. The van der Waals surface area contributed by atoms with E-state index >= 15 is 0 Å². The number of amides is 1. The highest BCUT2D eigenvalue weighted by Crippen LogP contribution is 2.46. The molecule has 0 radical (unpaired) electrons. The summed E-state index contributed by atoms with van der Waals surface area (Å²) in [5, 5.41) is 2.82. The fourth-order valence-corrected chi connectivity index (χ4v) is 5.47. The minimum absolute atomic E-state index is 0.0121. The van der Waals surface area contributed by atoms with Crippen LogP contribution in [0.4, 0.5) is 26.3 Å². The van der Waals surface area contributed by atoms with Gasteiger partial charge in [0, 0.05) is 5.54 Å². The number of likely N-dealkylation sites (tertiary alicyclic amines) is 1. The fraction of sp³-hybridized carbons (Fsp3) is 0.480. The standard InChI is InChI=1S/C25H26F6N2O/c26-24(27,28)18-10-11-19(20(16-18)25(29,30)31)22(34)32-21(17-8-2-1-3-9-17)23(12-4-5-13-23)33-14-6-7-15-33/h1-3,8-11,16,21H,4-7,12-15H2,(H,32,34). The zero-order valence-electron chi connectivity index (χ0n) is 18.5. The van der Waals surface area contributed by atoms with Crippen molar-refractivity contribution in [2.45, 2.75) is 62.5 Å². The molecule has 1 N–H and O–H groups in total. The average molecular weight is 484 g/mol. The Balaban J connectivity index is 1.75. The summed E-state index contributed by atoms with van der Waals surface area (Å²) in [5.74, 6) is -1.03. The zero-order valence-corrected chi connectivity index (χ0v) is 18.5. The van der Waals surface area contributed by atoms with E-state index < -0.39 is 46.5 Å². The first-order chi connectivity index (χ1) is 16.0. The smallest absolute Gasteiger partial charge is 0.343 e. The van der Waals surface area contributed by atoms with Crippen molar-refractivity contribution in [3.63, 3.8) is 0 Å². The number of benzene rings is 2. The highest BCUT2D eigenvalue weighted by atomic mass is 19.4. The maximum Gasteiger partial charge on any atom is 0.417 e. The highest BCUT2D eigenvalue weighted by Gasteiger charge is 2.48. The minimum Gasteiger partial charge on any atom is -0.343 e. The van der Waals surface area contributed by atoms with Crippen LogP contribution < -0.4 is 5.32 Å². The molecule has 1 unspecified atom stereocenters. The van der Waals surface area contributed by atoms with E-state index in [1.807, 2.05) is 18.2 Å². The summed E-state index contributed by atoms with van der Waals surface area (Å²) in [6, 6.07) is 9.66. The lowest BCUT2D eigenvalue weighted by Gasteiger charge is -2.45. The molecule has 2 aliphatic rings. The fourth-order valence-electron chi connectivity index (χ4n) is 5.47. The van der Waals surface area contributed by atoms with E-state index in [1.165, 1.54) is 0 Å². The minimum atomic E-state index is -5.11. The third-order valence-corrected chi connectivity index (χ3v) is 7.05. The summed E-state index contributed by atoms with van der Waals surface area (Å²) < 4.78 is 80.3. The number of nitrogens with zero attached hydrogens (tertiary/aromatic N) is 1. The molecule has 1 saturated heterocycles. The molecule has 4 rings (SSSR count). The third kappa shape index (κ3) is 4.80. The first-order valence-electron chi connectivity index (χ1n) is 11.4. The van der Waals surface area contributed by atoms with Crippen LogP contribution in [0.5, 0.6) is 0 Å². The zero-order chi connectivity index (χ0) is 24.6. The van der Waals surface area contributed by atoms with E-state index in [0.29, 0.717) is 12.1 Å². The van der Waals surface area contributed by atoms with Gasteiger partial charge in [-0.25, -0.2) is 0 Å². The predicted molar refractivity (Wildman–Crippen MR) is 115 cm³/mol. The van der Waals surface area contributed by atoms with Crippen LogP contribution >= 0.6 is 0 Å². The van der Waals surface area contributed by atoms with Crippen molar-refractivity contribution >= 4 is 5.91 Å². The quantitative estimate of drug-likeness (QED) is 0.485. The van der Waals surface area contributed by atoms with Gasteiger partial charge < -0.3 is 5.32 Å². The molecule has 34 heavy (non-hydrogen) atoms. The van der Waals surface area contributed by atoms with Gasteiger partial charge in [-0.15, -0.1) is 0 Å². The van der Waals surface area contributed by atoms with Gasteiger partial charge in [0.05, 0.1) is 22.7 Å². The summed E-state index contributed by atoms with van der Waals surface area (Å²) in [6.07, 6.45) is -4.62. The molecule has 1 amide bonds. The molecule has 9 heteroatoms. The van der Waals surface area contributed by atoms with Crippen molar-refractivity contribution in [1.29, 1.82) is 0 Å². The van der Waals surface area contributed by atoms with Crippen LogP contribution in [0.2, 0.25) is 0 Å². The van der Waals surface area contributed by atoms with Crippen molar-refractivity contribution < 1.29 is 31.1 Å². The van der Waals surface area contributed by atoms with Crippen LogP contribution in [0.15, 0.2) is 48.5 Å². The lowest BCUT2D eigenvalue weighted by atomic mass is 9.81. The molecular formula is C25H26F6N2O. The Kier molecular flexibility index (Phi) is 6.68. The monoisotopic (exact) mass is 484 g/mol. The summed E-state index contributed by atoms with van der Waals surface area (Å²) in [7, 11) is 0. The van der Waals surface area contributed by atoms with E-state index in [2.05, 4.69) is 10.2 Å². The molecule has 1 saturated carbocycles. The molecular weight excluding hydrogens is 458 g/mol. The summed E-state index contributed by atoms with van der Waals surface area (Å²) in [6.45, 7) is 1.68. The Hall–Kier alpha value is -2.55. The van der Waals surface area contributed by atoms with E-state index in [9.17, 15) is 31.1 Å². The number of hydrogen-bond acceptors (Lipinski definition) is 2. The second kappa shape index (κ2) is 9.24. The Morgan fingerprint density at radius 1 is 0.853 bits per heavy atom.